The van der Waals surface area contributed by atoms with Crippen molar-refractivity contribution in [1.82, 2.24) is 10.3 Å². The van der Waals surface area contributed by atoms with Gasteiger partial charge in [0.1, 0.15) is 11.6 Å². The molecule has 4 nitrogen and oxygen atoms in total. The van der Waals surface area contributed by atoms with E-state index in [2.05, 4.69) is 24.1 Å². The summed E-state index contributed by atoms with van der Waals surface area (Å²) in [5.74, 6) is 1.18. The summed E-state index contributed by atoms with van der Waals surface area (Å²) in [6, 6.07) is 5.15. The van der Waals surface area contributed by atoms with Crippen molar-refractivity contribution in [2.24, 2.45) is 0 Å². The molecule has 0 atom stereocenters. The van der Waals surface area contributed by atoms with Crippen LogP contribution in [-0.2, 0) is 6.42 Å². The number of methoxy groups -OCH3 is 1. The average Bonchev–Trinajstić information content (AvgIpc) is 2.91. The predicted octanol–water partition coefficient (Wildman–Crippen LogP) is 3.42. The van der Waals surface area contributed by atoms with Crippen LogP contribution < -0.4 is 10.1 Å². The number of halogens is 1. The van der Waals surface area contributed by atoms with Crippen molar-refractivity contribution in [1.29, 1.82) is 0 Å². The van der Waals surface area contributed by atoms with Gasteiger partial charge in [0.25, 0.3) is 0 Å². The second-order valence-corrected chi connectivity index (χ2v) is 5.18. The number of aryl methyl sites for hydroxylation is 1. The Morgan fingerprint density at radius 3 is 2.86 bits per heavy atom. The molecule has 0 aliphatic heterocycles. The van der Waals surface area contributed by atoms with Gasteiger partial charge in [-0.25, -0.2) is 9.37 Å². The number of nitrogens with zero attached hydrogens (tertiary/aromatic N) is 1. The fourth-order valence-corrected chi connectivity index (χ4v) is 2.00. The highest BCUT2D eigenvalue weighted by Crippen LogP contribution is 2.26. The maximum absolute atomic E-state index is 13.9. The lowest BCUT2D eigenvalue weighted by Gasteiger charge is -2.06. The lowest BCUT2D eigenvalue weighted by molar-refractivity contribution is 0.411. The Kier molecular flexibility index (Phi) is 5.33. The standard InChI is InChI=1S/C16H21FN2O2/c1-11(2)18-8-4-5-16-19-10-15(21-16)13-7-6-12(20-3)9-14(13)17/h6-7,9-11,18H,4-5,8H2,1-3H3. The van der Waals surface area contributed by atoms with Gasteiger partial charge in [-0.05, 0) is 25.1 Å². The van der Waals surface area contributed by atoms with Crippen molar-refractivity contribution in [2.75, 3.05) is 13.7 Å². The fourth-order valence-electron chi connectivity index (χ4n) is 2.00. The summed E-state index contributed by atoms with van der Waals surface area (Å²) in [4.78, 5) is 4.20. The highest BCUT2D eigenvalue weighted by molar-refractivity contribution is 5.58. The number of benzene rings is 1. The maximum atomic E-state index is 13.9. The zero-order valence-electron chi connectivity index (χ0n) is 12.6. The van der Waals surface area contributed by atoms with Crippen molar-refractivity contribution in [3.63, 3.8) is 0 Å². The monoisotopic (exact) mass is 292 g/mol. The molecule has 0 bridgehead atoms. The van der Waals surface area contributed by atoms with Crippen molar-refractivity contribution >= 4 is 0 Å². The third kappa shape index (κ3) is 4.29. The van der Waals surface area contributed by atoms with Crippen LogP contribution in [0.5, 0.6) is 5.75 Å². The van der Waals surface area contributed by atoms with Crippen molar-refractivity contribution in [3.8, 4) is 17.1 Å². The van der Waals surface area contributed by atoms with Crippen LogP contribution in [-0.4, -0.2) is 24.7 Å². The van der Waals surface area contributed by atoms with Crippen molar-refractivity contribution in [3.05, 3.63) is 36.1 Å². The van der Waals surface area contributed by atoms with Crippen LogP contribution in [0.2, 0.25) is 0 Å². The largest absolute Gasteiger partial charge is 0.497 e. The van der Waals surface area contributed by atoms with Gasteiger partial charge in [0.15, 0.2) is 11.7 Å². The summed E-state index contributed by atoms with van der Waals surface area (Å²) in [5.41, 5.74) is 0.398. The highest BCUT2D eigenvalue weighted by atomic mass is 19.1. The Morgan fingerprint density at radius 2 is 2.19 bits per heavy atom. The molecule has 2 rings (SSSR count). The molecule has 114 valence electrons. The molecule has 0 aliphatic carbocycles. The molecule has 0 spiro atoms. The van der Waals surface area contributed by atoms with Crippen LogP contribution in [0.4, 0.5) is 4.39 Å². The van der Waals surface area contributed by atoms with Gasteiger partial charge in [0.2, 0.25) is 0 Å². The van der Waals surface area contributed by atoms with E-state index in [9.17, 15) is 4.39 Å². The van der Waals surface area contributed by atoms with E-state index in [0.29, 0.717) is 29.0 Å². The Labute approximate surface area is 124 Å². The smallest absolute Gasteiger partial charge is 0.194 e. The van der Waals surface area contributed by atoms with Gasteiger partial charge in [-0.15, -0.1) is 0 Å². The van der Waals surface area contributed by atoms with Crippen LogP contribution in [0.1, 0.15) is 26.2 Å². The molecular weight excluding hydrogens is 271 g/mol. The van der Waals surface area contributed by atoms with Gasteiger partial charge in [0, 0.05) is 18.5 Å². The molecule has 0 saturated heterocycles. The normalized spacial score (nSPS) is 11.1. The predicted molar refractivity (Wildman–Crippen MR) is 79.9 cm³/mol. The number of oxazole rings is 1. The zero-order valence-corrected chi connectivity index (χ0v) is 12.6. The second kappa shape index (κ2) is 7.22. The molecule has 0 fully saturated rings. The van der Waals surface area contributed by atoms with Crippen LogP contribution >= 0.6 is 0 Å². The number of hydrogen-bond acceptors (Lipinski definition) is 4. The van der Waals surface area contributed by atoms with Gasteiger partial charge < -0.3 is 14.5 Å². The number of nitrogens with one attached hydrogen (secondary N) is 1. The maximum Gasteiger partial charge on any atom is 0.194 e. The summed E-state index contributed by atoms with van der Waals surface area (Å²) in [5, 5.41) is 3.33. The van der Waals surface area contributed by atoms with E-state index in [-0.39, 0.29) is 5.82 Å². The van der Waals surface area contributed by atoms with Gasteiger partial charge in [0.05, 0.1) is 18.9 Å². The van der Waals surface area contributed by atoms with Gasteiger partial charge in [-0.2, -0.15) is 0 Å². The minimum absolute atomic E-state index is 0.376. The first-order chi connectivity index (χ1) is 10.1. The third-order valence-electron chi connectivity index (χ3n) is 3.12. The quantitative estimate of drug-likeness (QED) is 0.794. The SMILES string of the molecule is COc1ccc(-c2cnc(CCCNC(C)C)o2)c(F)c1. The molecule has 2 aromatic rings. The van der Waals surface area contributed by atoms with Crippen LogP contribution in [0, 0.1) is 5.82 Å². The molecule has 1 N–H and O–H groups in total. The topological polar surface area (TPSA) is 47.3 Å². The summed E-state index contributed by atoms with van der Waals surface area (Å²) in [7, 11) is 1.51. The van der Waals surface area contributed by atoms with Gasteiger partial charge in [-0.1, -0.05) is 13.8 Å². The molecule has 5 heteroatoms. The molecule has 0 saturated carbocycles. The van der Waals surface area contributed by atoms with Crippen molar-refractivity contribution < 1.29 is 13.5 Å². The van der Waals surface area contributed by atoms with E-state index in [1.54, 1.807) is 18.3 Å². The summed E-state index contributed by atoms with van der Waals surface area (Å²) < 4.78 is 24.5. The first kappa shape index (κ1) is 15.5. The summed E-state index contributed by atoms with van der Waals surface area (Å²) in [6.45, 7) is 5.12. The summed E-state index contributed by atoms with van der Waals surface area (Å²) >= 11 is 0. The molecule has 0 radical (unpaired) electrons. The Balaban J connectivity index is 1.99. The highest BCUT2D eigenvalue weighted by Gasteiger charge is 2.12. The minimum atomic E-state index is -0.376. The van der Waals surface area contributed by atoms with Crippen LogP contribution in [0.3, 0.4) is 0 Å². The lowest BCUT2D eigenvalue weighted by atomic mass is 10.1. The van der Waals surface area contributed by atoms with E-state index in [1.807, 2.05) is 0 Å². The molecule has 0 unspecified atom stereocenters. The average molecular weight is 292 g/mol. The first-order valence-electron chi connectivity index (χ1n) is 7.12. The second-order valence-electron chi connectivity index (χ2n) is 5.18. The lowest BCUT2D eigenvalue weighted by Crippen LogP contribution is -2.23. The van der Waals surface area contributed by atoms with E-state index < -0.39 is 0 Å². The minimum Gasteiger partial charge on any atom is -0.497 e. The molecule has 1 aromatic carbocycles. The third-order valence-corrected chi connectivity index (χ3v) is 3.12. The Bertz CT molecular complexity index is 581. The van der Waals surface area contributed by atoms with E-state index in [4.69, 9.17) is 9.15 Å². The van der Waals surface area contributed by atoms with E-state index in [0.717, 1.165) is 19.4 Å². The van der Waals surface area contributed by atoms with Crippen LogP contribution in [0.25, 0.3) is 11.3 Å². The van der Waals surface area contributed by atoms with Crippen molar-refractivity contribution in [2.45, 2.75) is 32.7 Å². The molecule has 1 heterocycles. The molecule has 0 aliphatic rings. The first-order valence-corrected chi connectivity index (χ1v) is 7.12. The fraction of sp³-hybridized carbons (Fsp3) is 0.438. The number of ether oxygens (including phenoxy) is 1. The molecule has 1 aromatic heterocycles. The van der Waals surface area contributed by atoms with Gasteiger partial charge >= 0.3 is 0 Å². The zero-order chi connectivity index (χ0) is 15.2. The van der Waals surface area contributed by atoms with Crippen LogP contribution in [0.15, 0.2) is 28.8 Å². The number of aromatic nitrogens is 1. The van der Waals surface area contributed by atoms with Gasteiger partial charge in [-0.3, -0.25) is 0 Å². The molecule has 21 heavy (non-hydrogen) atoms. The van der Waals surface area contributed by atoms with E-state index >= 15 is 0 Å². The van der Waals surface area contributed by atoms with E-state index in [1.165, 1.54) is 13.2 Å². The summed E-state index contributed by atoms with van der Waals surface area (Å²) in [6.07, 6.45) is 3.23. The number of rotatable bonds is 7. The Morgan fingerprint density at radius 1 is 1.38 bits per heavy atom. The molecular formula is C16H21FN2O2. The number of hydrogen-bond donors (Lipinski definition) is 1. The Hall–Kier alpha value is -1.88. The molecule has 0 amide bonds.